The maximum absolute atomic E-state index is 2.33. The molecule has 1 atom stereocenters. The Bertz CT molecular complexity index is 273. The molecule has 0 heteroatoms. The highest BCUT2D eigenvalue weighted by molar-refractivity contribution is 5.31. The second-order valence-electron chi connectivity index (χ2n) is 4.03. The van der Waals surface area contributed by atoms with Gasteiger partial charge in [-0.15, -0.1) is 0 Å². The van der Waals surface area contributed by atoms with Gasteiger partial charge in [0.05, 0.1) is 0 Å². The second-order valence-corrected chi connectivity index (χ2v) is 4.03. The van der Waals surface area contributed by atoms with Crippen molar-refractivity contribution in [2.24, 2.45) is 0 Å². The van der Waals surface area contributed by atoms with Gasteiger partial charge < -0.3 is 0 Å². The molecule has 0 radical (unpaired) electrons. The summed E-state index contributed by atoms with van der Waals surface area (Å²) in [5.74, 6) is 0.712. The van der Waals surface area contributed by atoms with Gasteiger partial charge in [-0.2, -0.15) is 0 Å². The fraction of sp³-hybridized carbons (Fsp3) is 0.538. The molecule has 13 heavy (non-hydrogen) atoms. The largest absolute Gasteiger partial charge is 0.0654 e. The molecule has 1 aromatic carbocycles. The Morgan fingerprint density at radius 1 is 1.15 bits per heavy atom. The van der Waals surface area contributed by atoms with Crippen LogP contribution in [0.3, 0.4) is 0 Å². The molecule has 1 aromatic rings. The summed E-state index contributed by atoms with van der Waals surface area (Å²) in [6.07, 6.45) is 2.57. The fourth-order valence-electron chi connectivity index (χ4n) is 1.67. The number of hydrogen-bond acceptors (Lipinski definition) is 0. The van der Waals surface area contributed by atoms with E-state index in [0.717, 1.165) is 0 Å². The van der Waals surface area contributed by atoms with E-state index in [4.69, 9.17) is 0 Å². The minimum Gasteiger partial charge on any atom is -0.0654 e. The lowest BCUT2D eigenvalue weighted by molar-refractivity contribution is 0.664. The molecule has 72 valence electrons. The zero-order valence-electron chi connectivity index (χ0n) is 9.22. The van der Waals surface area contributed by atoms with Crippen LogP contribution in [0.15, 0.2) is 18.2 Å². The zero-order valence-corrected chi connectivity index (χ0v) is 9.22. The predicted octanol–water partition coefficient (Wildman–Crippen LogP) is 4.21. The van der Waals surface area contributed by atoms with Gasteiger partial charge in [-0.1, -0.05) is 38.5 Å². The number of rotatable bonds is 3. The van der Waals surface area contributed by atoms with Gasteiger partial charge in [0.25, 0.3) is 0 Å². The molecule has 0 bridgehead atoms. The van der Waals surface area contributed by atoms with Crippen LogP contribution in [-0.4, -0.2) is 0 Å². The van der Waals surface area contributed by atoms with Gasteiger partial charge in [-0.25, -0.2) is 0 Å². The maximum Gasteiger partial charge on any atom is -0.0190 e. The van der Waals surface area contributed by atoms with Gasteiger partial charge in [0.2, 0.25) is 0 Å². The molecule has 1 unspecified atom stereocenters. The van der Waals surface area contributed by atoms with Crippen molar-refractivity contribution in [2.45, 2.75) is 46.5 Å². The first-order valence-corrected chi connectivity index (χ1v) is 5.22. The van der Waals surface area contributed by atoms with E-state index in [1.807, 2.05) is 0 Å². The maximum atomic E-state index is 2.33. The molecular weight excluding hydrogens is 156 g/mol. The summed E-state index contributed by atoms with van der Waals surface area (Å²) >= 11 is 0. The Hall–Kier alpha value is -0.780. The van der Waals surface area contributed by atoms with Crippen LogP contribution >= 0.6 is 0 Å². The standard InChI is InChI=1S/C13H20/c1-5-6-11(3)13-8-7-10(2)12(4)9-13/h7-9,11H,5-6H2,1-4H3. The van der Waals surface area contributed by atoms with E-state index in [2.05, 4.69) is 45.9 Å². The lowest BCUT2D eigenvalue weighted by Crippen LogP contribution is -1.94. The number of aryl methyl sites for hydroxylation is 2. The minimum atomic E-state index is 0.712. The Balaban J connectivity index is 2.84. The molecular formula is C13H20. The monoisotopic (exact) mass is 176 g/mol. The summed E-state index contributed by atoms with van der Waals surface area (Å²) in [5.41, 5.74) is 4.30. The molecule has 0 fully saturated rings. The van der Waals surface area contributed by atoms with Crippen LogP contribution in [0.1, 0.15) is 49.3 Å². The average molecular weight is 176 g/mol. The highest BCUT2D eigenvalue weighted by atomic mass is 14.1. The minimum absolute atomic E-state index is 0.712. The van der Waals surface area contributed by atoms with E-state index >= 15 is 0 Å². The van der Waals surface area contributed by atoms with Crippen molar-refractivity contribution in [2.75, 3.05) is 0 Å². The molecule has 0 N–H and O–H groups in total. The molecule has 0 spiro atoms. The molecule has 0 nitrogen and oxygen atoms in total. The van der Waals surface area contributed by atoms with Crippen LogP contribution in [0, 0.1) is 13.8 Å². The lowest BCUT2D eigenvalue weighted by atomic mass is 9.94. The van der Waals surface area contributed by atoms with E-state index in [-0.39, 0.29) is 0 Å². The van der Waals surface area contributed by atoms with Crippen LogP contribution in [0.4, 0.5) is 0 Å². The summed E-state index contributed by atoms with van der Waals surface area (Å²) in [4.78, 5) is 0. The molecule has 0 aliphatic carbocycles. The molecule has 0 saturated heterocycles. The smallest absolute Gasteiger partial charge is 0.0190 e. The third-order valence-corrected chi connectivity index (χ3v) is 2.82. The summed E-state index contributed by atoms with van der Waals surface area (Å²) in [6.45, 7) is 8.92. The Morgan fingerprint density at radius 3 is 2.38 bits per heavy atom. The van der Waals surface area contributed by atoms with Gasteiger partial charge in [-0.3, -0.25) is 0 Å². The van der Waals surface area contributed by atoms with Crippen molar-refractivity contribution in [3.05, 3.63) is 34.9 Å². The Morgan fingerprint density at radius 2 is 1.85 bits per heavy atom. The quantitative estimate of drug-likeness (QED) is 0.647. The summed E-state index contributed by atoms with van der Waals surface area (Å²) in [5, 5.41) is 0. The fourth-order valence-corrected chi connectivity index (χ4v) is 1.67. The van der Waals surface area contributed by atoms with Gasteiger partial charge >= 0.3 is 0 Å². The first-order chi connectivity index (χ1) is 6.15. The van der Waals surface area contributed by atoms with Crippen molar-refractivity contribution in [1.29, 1.82) is 0 Å². The van der Waals surface area contributed by atoms with Crippen LogP contribution in [-0.2, 0) is 0 Å². The predicted molar refractivity (Wildman–Crippen MR) is 59.2 cm³/mol. The van der Waals surface area contributed by atoms with Crippen molar-refractivity contribution in [3.8, 4) is 0 Å². The van der Waals surface area contributed by atoms with E-state index in [9.17, 15) is 0 Å². The van der Waals surface area contributed by atoms with Gasteiger partial charge in [0.1, 0.15) is 0 Å². The Kier molecular flexibility index (Phi) is 3.53. The molecule has 0 amide bonds. The summed E-state index contributed by atoms with van der Waals surface area (Å²) in [6, 6.07) is 6.83. The van der Waals surface area contributed by atoms with Crippen molar-refractivity contribution in [1.82, 2.24) is 0 Å². The average Bonchev–Trinajstić information content (AvgIpc) is 2.10. The number of benzene rings is 1. The highest BCUT2D eigenvalue weighted by Crippen LogP contribution is 2.22. The van der Waals surface area contributed by atoms with Crippen molar-refractivity contribution in [3.63, 3.8) is 0 Å². The van der Waals surface area contributed by atoms with Crippen LogP contribution in [0.5, 0.6) is 0 Å². The topological polar surface area (TPSA) is 0 Å². The molecule has 0 aromatic heterocycles. The molecule has 1 rings (SSSR count). The van der Waals surface area contributed by atoms with Gasteiger partial charge in [-0.05, 0) is 42.9 Å². The SMILES string of the molecule is CCCC(C)c1ccc(C)c(C)c1. The molecule has 0 saturated carbocycles. The highest BCUT2D eigenvalue weighted by Gasteiger charge is 2.04. The normalized spacial score (nSPS) is 12.9. The van der Waals surface area contributed by atoms with Crippen LogP contribution in [0.2, 0.25) is 0 Å². The van der Waals surface area contributed by atoms with E-state index in [1.165, 1.54) is 29.5 Å². The first-order valence-electron chi connectivity index (χ1n) is 5.22. The third-order valence-electron chi connectivity index (χ3n) is 2.82. The molecule has 0 aliphatic rings. The Labute approximate surface area is 82.0 Å². The van der Waals surface area contributed by atoms with Crippen molar-refractivity contribution >= 4 is 0 Å². The first kappa shape index (κ1) is 10.3. The third kappa shape index (κ3) is 2.58. The summed E-state index contributed by atoms with van der Waals surface area (Å²) in [7, 11) is 0. The van der Waals surface area contributed by atoms with Crippen molar-refractivity contribution < 1.29 is 0 Å². The number of hydrogen-bond donors (Lipinski definition) is 0. The second kappa shape index (κ2) is 4.45. The zero-order chi connectivity index (χ0) is 9.84. The van der Waals surface area contributed by atoms with Crippen LogP contribution in [0.25, 0.3) is 0 Å². The molecule has 0 heterocycles. The van der Waals surface area contributed by atoms with E-state index < -0.39 is 0 Å². The van der Waals surface area contributed by atoms with Gasteiger partial charge in [0, 0.05) is 0 Å². The van der Waals surface area contributed by atoms with E-state index in [1.54, 1.807) is 0 Å². The summed E-state index contributed by atoms with van der Waals surface area (Å²) < 4.78 is 0. The molecule has 0 aliphatic heterocycles. The lowest BCUT2D eigenvalue weighted by Gasteiger charge is -2.12. The van der Waals surface area contributed by atoms with Gasteiger partial charge in [0.15, 0.2) is 0 Å². The van der Waals surface area contributed by atoms with E-state index in [0.29, 0.717) is 5.92 Å². The van der Waals surface area contributed by atoms with Crippen LogP contribution < -0.4 is 0 Å².